The highest BCUT2D eigenvalue weighted by Crippen LogP contribution is 2.30. The molecule has 2 amide bonds. The molecule has 1 fully saturated rings. The van der Waals surface area contributed by atoms with Crippen LogP contribution in [0.4, 0.5) is 4.79 Å². The molecule has 0 radical (unpaired) electrons. The fourth-order valence-corrected chi connectivity index (χ4v) is 4.25. The molecule has 3 heterocycles. The first-order valence-corrected chi connectivity index (χ1v) is 10.8. The first-order valence-electron chi connectivity index (χ1n) is 10.8. The van der Waals surface area contributed by atoms with Gasteiger partial charge in [0, 0.05) is 25.2 Å². The summed E-state index contributed by atoms with van der Waals surface area (Å²) in [4.78, 5) is 19.9. The Morgan fingerprint density at radius 3 is 2.73 bits per heavy atom. The summed E-state index contributed by atoms with van der Waals surface area (Å²) in [6.07, 6.45) is 6.21. The first kappa shape index (κ1) is 20.2. The number of fused-ring (bicyclic) bond motifs is 1. The van der Waals surface area contributed by atoms with Gasteiger partial charge in [0.15, 0.2) is 0 Å². The summed E-state index contributed by atoms with van der Waals surface area (Å²) in [5, 5.41) is 3.16. The molecule has 5 heteroatoms. The van der Waals surface area contributed by atoms with Crippen molar-refractivity contribution in [3.63, 3.8) is 0 Å². The van der Waals surface area contributed by atoms with Gasteiger partial charge in [-0.25, -0.2) is 9.78 Å². The summed E-state index contributed by atoms with van der Waals surface area (Å²) in [5.41, 5.74) is 4.45. The lowest BCUT2D eigenvalue weighted by Crippen LogP contribution is -2.45. The van der Waals surface area contributed by atoms with E-state index in [4.69, 9.17) is 4.98 Å². The van der Waals surface area contributed by atoms with Crippen LogP contribution in [0.5, 0.6) is 0 Å². The van der Waals surface area contributed by atoms with Gasteiger partial charge in [-0.15, -0.1) is 0 Å². The Kier molecular flexibility index (Phi) is 5.88. The van der Waals surface area contributed by atoms with Gasteiger partial charge in [-0.1, -0.05) is 42.5 Å². The summed E-state index contributed by atoms with van der Waals surface area (Å²) >= 11 is 0. The molecule has 30 heavy (non-hydrogen) atoms. The molecule has 0 saturated carbocycles. The molecule has 1 saturated heterocycles. The van der Waals surface area contributed by atoms with E-state index in [0.717, 1.165) is 42.0 Å². The molecular weight excluding hydrogens is 372 g/mol. The molecule has 156 valence electrons. The van der Waals surface area contributed by atoms with E-state index in [1.165, 1.54) is 5.57 Å². The molecule has 1 aromatic carbocycles. The average Bonchev–Trinajstić information content (AvgIpc) is 3.19. The number of urea groups is 1. The SMILES string of the molecule is C/C=C(\C)c1nc(C2CCCN(C(=O)N[C@@H](C)c3ccccc3)C2)n2ccccc12. The van der Waals surface area contributed by atoms with Crippen molar-refractivity contribution in [3.8, 4) is 0 Å². The number of allylic oxidation sites excluding steroid dienone is 2. The Labute approximate surface area is 178 Å². The van der Waals surface area contributed by atoms with Gasteiger partial charge in [0.25, 0.3) is 0 Å². The molecule has 1 N–H and O–H groups in total. The van der Waals surface area contributed by atoms with E-state index in [9.17, 15) is 4.79 Å². The molecule has 1 aliphatic rings. The Balaban J connectivity index is 1.54. The second-order valence-corrected chi connectivity index (χ2v) is 8.11. The fraction of sp³-hybridized carbons (Fsp3) is 0.360. The lowest BCUT2D eigenvalue weighted by atomic mass is 9.97. The van der Waals surface area contributed by atoms with Crippen LogP contribution < -0.4 is 5.32 Å². The van der Waals surface area contributed by atoms with Crippen molar-refractivity contribution in [1.82, 2.24) is 19.6 Å². The number of benzene rings is 1. The molecular formula is C25H30N4O. The van der Waals surface area contributed by atoms with Crippen LogP contribution in [0, 0.1) is 0 Å². The second kappa shape index (κ2) is 8.74. The zero-order valence-corrected chi connectivity index (χ0v) is 18.0. The quantitative estimate of drug-likeness (QED) is 0.634. The summed E-state index contributed by atoms with van der Waals surface area (Å²) in [6.45, 7) is 7.65. The Morgan fingerprint density at radius 2 is 1.97 bits per heavy atom. The number of pyridine rings is 1. The van der Waals surface area contributed by atoms with Gasteiger partial charge in [0.2, 0.25) is 0 Å². The highest BCUT2D eigenvalue weighted by molar-refractivity contribution is 5.76. The molecule has 1 aliphatic heterocycles. The molecule has 4 rings (SSSR count). The maximum Gasteiger partial charge on any atom is 0.317 e. The third-order valence-electron chi connectivity index (χ3n) is 6.10. The lowest BCUT2D eigenvalue weighted by molar-refractivity contribution is 0.175. The number of hydrogen-bond donors (Lipinski definition) is 1. The van der Waals surface area contributed by atoms with Crippen LogP contribution >= 0.6 is 0 Å². The molecule has 2 aromatic heterocycles. The summed E-state index contributed by atoms with van der Waals surface area (Å²) in [5.74, 6) is 1.28. The minimum Gasteiger partial charge on any atom is -0.331 e. The predicted octanol–water partition coefficient (Wildman–Crippen LogP) is 5.41. The number of rotatable bonds is 4. The fourth-order valence-electron chi connectivity index (χ4n) is 4.25. The number of nitrogens with one attached hydrogen (secondary N) is 1. The van der Waals surface area contributed by atoms with Crippen molar-refractivity contribution in [2.75, 3.05) is 13.1 Å². The van der Waals surface area contributed by atoms with Crippen molar-refractivity contribution in [3.05, 3.63) is 77.9 Å². The van der Waals surface area contributed by atoms with E-state index >= 15 is 0 Å². The topological polar surface area (TPSA) is 49.6 Å². The standard InChI is InChI=1S/C25H30N4O/c1-4-18(2)23-22-14-8-9-16-29(22)24(27-23)21-13-10-15-28(17-21)25(30)26-19(3)20-11-6-5-7-12-20/h4-9,11-12,14,16,19,21H,10,13,15,17H2,1-3H3,(H,26,30)/b18-4+/t19-,21?/m0/s1. The number of likely N-dealkylation sites (tertiary alicyclic amines) is 1. The van der Waals surface area contributed by atoms with Crippen molar-refractivity contribution in [2.24, 2.45) is 0 Å². The van der Waals surface area contributed by atoms with Gasteiger partial charge in [-0.05, 0) is 56.9 Å². The van der Waals surface area contributed by atoms with Crippen LogP contribution in [0.2, 0.25) is 0 Å². The minimum atomic E-state index is -0.0183. The normalized spacial score (nSPS) is 18.4. The summed E-state index contributed by atoms with van der Waals surface area (Å²) in [6, 6.07) is 16.3. The van der Waals surface area contributed by atoms with Gasteiger partial charge in [-0.3, -0.25) is 0 Å². The van der Waals surface area contributed by atoms with Gasteiger partial charge >= 0.3 is 6.03 Å². The summed E-state index contributed by atoms with van der Waals surface area (Å²) in [7, 11) is 0. The van der Waals surface area contributed by atoms with E-state index in [-0.39, 0.29) is 18.0 Å². The van der Waals surface area contributed by atoms with Gasteiger partial charge in [0.1, 0.15) is 5.82 Å². The van der Waals surface area contributed by atoms with Crippen molar-refractivity contribution in [1.29, 1.82) is 0 Å². The molecule has 5 nitrogen and oxygen atoms in total. The van der Waals surface area contributed by atoms with E-state index in [2.05, 4.69) is 41.0 Å². The van der Waals surface area contributed by atoms with Crippen LogP contribution in [-0.4, -0.2) is 33.4 Å². The van der Waals surface area contributed by atoms with Crippen LogP contribution in [0.25, 0.3) is 11.1 Å². The van der Waals surface area contributed by atoms with E-state index in [1.807, 2.05) is 55.1 Å². The number of carbonyl (C=O) groups excluding carboxylic acids is 1. The summed E-state index contributed by atoms with van der Waals surface area (Å²) < 4.78 is 2.20. The third-order valence-corrected chi connectivity index (χ3v) is 6.10. The maximum absolute atomic E-state index is 13.0. The zero-order valence-electron chi connectivity index (χ0n) is 18.0. The largest absolute Gasteiger partial charge is 0.331 e. The van der Waals surface area contributed by atoms with Gasteiger partial charge in [0.05, 0.1) is 17.3 Å². The number of piperidine rings is 1. The monoisotopic (exact) mass is 402 g/mol. The highest BCUT2D eigenvalue weighted by Gasteiger charge is 2.29. The molecule has 0 spiro atoms. The van der Waals surface area contributed by atoms with Crippen molar-refractivity contribution < 1.29 is 4.79 Å². The van der Waals surface area contributed by atoms with E-state index in [1.54, 1.807) is 0 Å². The van der Waals surface area contributed by atoms with Crippen LogP contribution in [0.3, 0.4) is 0 Å². The maximum atomic E-state index is 13.0. The predicted molar refractivity (Wildman–Crippen MR) is 121 cm³/mol. The van der Waals surface area contributed by atoms with Crippen molar-refractivity contribution >= 4 is 17.1 Å². The third kappa shape index (κ3) is 3.97. The van der Waals surface area contributed by atoms with Crippen LogP contribution in [0.15, 0.2) is 60.8 Å². The zero-order chi connectivity index (χ0) is 21.1. The Hall–Kier alpha value is -3.08. The Bertz CT molecular complexity index is 1050. The van der Waals surface area contributed by atoms with E-state index < -0.39 is 0 Å². The number of carbonyl (C=O) groups is 1. The van der Waals surface area contributed by atoms with Crippen molar-refractivity contribution in [2.45, 2.75) is 45.6 Å². The average molecular weight is 403 g/mol. The minimum absolute atomic E-state index is 0.00164. The molecule has 0 bridgehead atoms. The first-order chi connectivity index (χ1) is 14.6. The number of hydrogen-bond acceptors (Lipinski definition) is 2. The number of amides is 2. The smallest absolute Gasteiger partial charge is 0.317 e. The van der Waals surface area contributed by atoms with Crippen LogP contribution in [-0.2, 0) is 0 Å². The molecule has 0 aliphatic carbocycles. The number of aromatic nitrogens is 2. The van der Waals surface area contributed by atoms with E-state index in [0.29, 0.717) is 6.54 Å². The van der Waals surface area contributed by atoms with Crippen LogP contribution in [0.1, 0.15) is 62.7 Å². The second-order valence-electron chi connectivity index (χ2n) is 8.11. The molecule has 3 aromatic rings. The van der Waals surface area contributed by atoms with Gasteiger partial charge < -0.3 is 14.6 Å². The molecule has 1 unspecified atom stereocenters. The number of nitrogens with zero attached hydrogens (tertiary/aromatic N) is 3. The molecule has 2 atom stereocenters. The Morgan fingerprint density at radius 1 is 1.20 bits per heavy atom. The number of imidazole rings is 1. The van der Waals surface area contributed by atoms with Gasteiger partial charge in [-0.2, -0.15) is 0 Å². The lowest BCUT2D eigenvalue weighted by Gasteiger charge is -2.33. The highest BCUT2D eigenvalue weighted by atomic mass is 16.2.